The summed E-state index contributed by atoms with van der Waals surface area (Å²) >= 11 is 0. The molecule has 0 saturated heterocycles. The quantitative estimate of drug-likeness (QED) is 0.777. The lowest BCUT2D eigenvalue weighted by Crippen LogP contribution is -2.33. The van der Waals surface area contributed by atoms with Crippen LogP contribution in [0.1, 0.15) is 25.0 Å². The van der Waals surface area contributed by atoms with E-state index in [0.29, 0.717) is 11.4 Å². The van der Waals surface area contributed by atoms with E-state index < -0.39 is 0 Å². The third-order valence-corrected chi connectivity index (χ3v) is 3.44. The highest BCUT2D eigenvalue weighted by Crippen LogP contribution is 2.27. The van der Waals surface area contributed by atoms with E-state index in [9.17, 15) is 9.59 Å². The van der Waals surface area contributed by atoms with Gasteiger partial charge in [-0.05, 0) is 49.2 Å². The Morgan fingerprint density at radius 3 is 2.09 bits per heavy atom. The maximum atomic E-state index is 11.6. The first-order chi connectivity index (χ1) is 10.9. The van der Waals surface area contributed by atoms with E-state index in [1.54, 1.807) is 18.2 Å². The second kappa shape index (κ2) is 6.96. The molecule has 5 heteroatoms. The Morgan fingerprint density at radius 1 is 0.870 bits per heavy atom. The highest BCUT2D eigenvalue weighted by Gasteiger charge is 2.18. The first-order valence-corrected chi connectivity index (χ1v) is 7.29. The largest absolute Gasteiger partial charge is 0.274 e. The van der Waals surface area contributed by atoms with Gasteiger partial charge in [0, 0.05) is 13.8 Å². The molecule has 0 bridgehead atoms. The topological polar surface area (TPSA) is 62.1 Å². The monoisotopic (exact) mass is 309 g/mol. The lowest BCUT2D eigenvalue weighted by molar-refractivity contribution is -0.124. The van der Waals surface area contributed by atoms with Gasteiger partial charge in [0.1, 0.15) is 0 Å². The highest BCUT2D eigenvalue weighted by molar-refractivity contribution is 6.13. The van der Waals surface area contributed by atoms with Crippen LogP contribution in [0.2, 0.25) is 0 Å². The Kier molecular flexibility index (Phi) is 5.01. The van der Waals surface area contributed by atoms with Crippen LogP contribution >= 0.6 is 0 Å². The number of carbonyl (C=O) groups excluding carboxylic acids is 2. The fourth-order valence-electron chi connectivity index (χ4n) is 2.30. The third-order valence-electron chi connectivity index (χ3n) is 3.44. The van der Waals surface area contributed by atoms with Crippen molar-refractivity contribution in [2.75, 3.05) is 4.90 Å². The van der Waals surface area contributed by atoms with Crippen molar-refractivity contribution >= 4 is 28.9 Å². The van der Waals surface area contributed by atoms with Crippen molar-refractivity contribution < 1.29 is 9.59 Å². The van der Waals surface area contributed by atoms with Gasteiger partial charge in [0.25, 0.3) is 0 Å². The van der Waals surface area contributed by atoms with Gasteiger partial charge in [-0.1, -0.05) is 18.2 Å². The van der Waals surface area contributed by atoms with E-state index in [0.717, 1.165) is 21.7 Å². The van der Waals surface area contributed by atoms with Gasteiger partial charge in [0.15, 0.2) is 0 Å². The summed E-state index contributed by atoms with van der Waals surface area (Å²) in [6, 6.07) is 13.0. The molecule has 118 valence electrons. The lowest BCUT2D eigenvalue weighted by atomic mass is 10.1. The van der Waals surface area contributed by atoms with E-state index in [-0.39, 0.29) is 11.8 Å². The Balaban J connectivity index is 2.31. The summed E-state index contributed by atoms with van der Waals surface area (Å²) in [5, 5.41) is 8.46. The minimum Gasteiger partial charge on any atom is -0.274 e. The van der Waals surface area contributed by atoms with Gasteiger partial charge in [-0.25, -0.2) is 0 Å². The molecule has 0 aliphatic heterocycles. The van der Waals surface area contributed by atoms with E-state index in [1.807, 2.05) is 38.1 Å². The van der Waals surface area contributed by atoms with Gasteiger partial charge in [0.05, 0.1) is 17.1 Å². The number of azo groups is 1. The first kappa shape index (κ1) is 16.5. The van der Waals surface area contributed by atoms with Crippen molar-refractivity contribution in [3.8, 4) is 0 Å². The number of anilines is 1. The normalized spacial score (nSPS) is 10.8. The maximum Gasteiger partial charge on any atom is 0.230 e. The molecule has 23 heavy (non-hydrogen) atoms. The predicted octanol–water partition coefficient (Wildman–Crippen LogP) is 4.62. The van der Waals surface area contributed by atoms with Crippen LogP contribution in [0.25, 0.3) is 0 Å². The second-order valence-electron chi connectivity index (χ2n) is 5.33. The summed E-state index contributed by atoms with van der Waals surface area (Å²) in [6.07, 6.45) is 0. The summed E-state index contributed by atoms with van der Waals surface area (Å²) in [7, 11) is 0. The molecule has 0 spiro atoms. The average Bonchev–Trinajstić information content (AvgIpc) is 2.48. The molecular weight excluding hydrogens is 290 g/mol. The Morgan fingerprint density at radius 2 is 1.52 bits per heavy atom. The van der Waals surface area contributed by atoms with Gasteiger partial charge in [-0.2, -0.15) is 10.2 Å². The predicted molar refractivity (Wildman–Crippen MR) is 90.4 cm³/mol. The maximum absolute atomic E-state index is 11.6. The number of benzene rings is 2. The van der Waals surface area contributed by atoms with Crippen LogP contribution in [0.15, 0.2) is 52.7 Å². The van der Waals surface area contributed by atoms with Crippen molar-refractivity contribution in [3.05, 3.63) is 53.6 Å². The van der Waals surface area contributed by atoms with Crippen LogP contribution in [0.3, 0.4) is 0 Å². The van der Waals surface area contributed by atoms with Gasteiger partial charge in [-0.15, -0.1) is 0 Å². The van der Waals surface area contributed by atoms with E-state index in [1.165, 1.54) is 13.8 Å². The van der Waals surface area contributed by atoms with Gasteiger partial charge in [0.2, 0.25) is 11.8 Å². The summed E-state index contributed by atoms with van der Waals surface area (Å²) < 4.78 is 0. The Labute approximate surface area is 135 Å². The lowest BCUT2D eigenvalue weighted by Gasteiger charge is -2.19. The molecule has 0 aliphatic carbocycles. The van der Waals surface area contributed by atoms with Crippen LogP contribution in [0.4, 0.5) is 17.1 Å². The van der Waals surface area contributed by atoms with Crippen LogP contribution < -0.4 is 4.90 Å². The first-order valence-electron chi connectivity index (χ1n) is 7.29. The van der Waals surface area contributed by atoms with Crippen molar-refractivity contribution in [2.45, 2.75) is 27.7 Å². The molecule has 0 unspecified atom stereocenters. The van der Waals surface area contributed by atoms with Crippen LogP contribution in [-0.4, -0.2) is 11.8 Å². The fourth-order valence-corrected chi connectivity index (χ4v) is 2.30. The van der Waals surface area contributed by atoms with Crippen molar-refractivity contribution in [1.29, 1.82) is 0 Å². The van der Waals surface area contributed by atoms with Gasteiger partial charge < -0.3 is 0 Å². The molecule has 5 nitrogen and oxygen atoms in total. The molecular formula is C18H19N3O2. The molecule has 0 saturated carbocycles. The number of carbonyl (C=O) groups is 2. The fraction of sp³-hybridized carbons (Fsp3) is 0.222. The minimum atomic E-state index is -0.310. The van der Waals surface area contributed by atoms with Crippen molar-refractivity contribution in [3.63, 3.8) is 0 Å². The standard InChI is InChI=1S/C18H19N3O2/c1-12-7-5-6-8-17(12)20-19-16-9-10-18(13(2)11-16)21(14(3)22)15(4)23/h5-11H,1-4H3. The molecule has 0 atom stereocenters. The van der Waals surface area contributed by atoms with E-state index in [4.69, 9.17) is 0 Å². The van der Waals surface area contributed by atoms with Crippen LogP contribution in [0, 0.1) is 13.8 Å². The Hall–Kier alpha value is -2.82. The van der Waals surface area contributed by atoms with Crippen LogP contribution in [-0.2, 0) is 9.59 Å². The minimum absolute atomic E-state index is 0.310. The summed E-state index contributed by atoms with van der Waals surface area (Å²) in [5.41, 5.74) is 3.88. The number of aryl methyl sites for hydroxylation is 2. The van der Waals surface area contributed by atoms with Crippen molar-refractivity contribution in [1.82, 2.24) is 0 Å². The van der Waals surface area contributed by atoms with Gasteiger partial charge in [-0.3, -0.25) is 14.5 Å². The zero-order valence-electron chi connectivity index (χ0n) is 13.7. The summed E-state index contributed by atoms with van der Waals surface area (Å²) in [5.74, 6) is -0.621. The average molecular weight is 309 g/mol. The molecule has 2 rings (SSSR count). The molecule has 2 amide bonds. The molecule has 0 aromatic heterocycles. The molecule has 2 aromatic carbocycles. The zero-order chi connectivity index (χ0) is 17.0. The van der Waals surface area contributed by atoms with Crippen LogP contribution in [0.5, 0.6) is 0 Å². The number of nitrogens with zero attached hydrogens (tertiary/aromatic N) is 3. The molecule has 0 fully saturated rings. The molecule has 0 N–H and O–H groups in total. The summed E-state index contributed by atoms with van der Waals surface area (Å²) in [6.45, 7) is 6.54. The van der Waals surface area contributed by atoms with Crippen molar-refractivity contribution in [2.24, 2.45) is 10.2 Å². The zero-order valence-corrected chi connectivity index (χ0v) is 13.7. The molecule has 0 heterocycles. The van der Waals surface area contributed by atoms with Gasteiger partial charge >= 0.3 is 0 Å². The van der Waals surface area contributed by atoms with E-state index in [2.05, 4.69) is 10.2 Å². The second-order valence-corrected chi connectivity index (χ2v) is 5.33. The third kappa shape index (κ3) is 3.88. The number of amides is 2. The number of imide groups is 1. The molecule has 0 aliphatic rings. The number of hydrogen-bond acceptors (Lipinski definition) is 4. The van der Waals surface area contributed by atoms with E-state index >= 15 is 0 Å². The SMILES string of the molecule is CC(=O)N(C(C)=O)c1ccc(N=Nc2ccccc2C)cc1C. The number of rotatable bonds is 3. The smallest absolute Gasteiger partial charge is 0.230 e. The molecule has 0 radical (unpaired) electrons. The Bertz CT molecular complexity index is 768. The highest BCUT2D eigenvalue weighted by atomic mass is 16.2. The molecule has 2 aromatic rings. The number of hydrogen-bond donors (Lipinski definition) is 0. The summed E-state index contributed by atoms with van der Waals surface area (Å²) in [4.78, 5) is 24.4.